The van der Waals surface area contributed by atoms with Crippen LogP contribution in [0.4, 0.5) is 19.3 Å². The average Bonchev–Trinajstić information content (AvgIpc) is 2.87. The number of nitrogens with one attached hydrogen (secondary N) is 1. The maximum Gasteiger partial charge on any atom is 0.347 e. The Bertz CT molecular complexity index is 798. The Labute approximate surface area is 112 Å². The van der Waals surface area contributed by atoms with Gasteiger partial charge in [0, 0.05) is 11.5 Å². The van der Waals surface area contributed by atoms with E-state index in [1.54, 1.807) is 18.2 Å². The van der Waals surface area contributed by atoms with Gasteiger partial charge in [-0.05, 0) is 18.2 Å². The second kappa shape index (κ2) is 4.73. The zero-order valence-electron chi connectivity index (χ0n) is 10.2. The molecule has 6 heteroatoms. The van der Waals surface area contributed by atoms with Gasteiger partial charge in [-0.2, -0.15) is 9.78 Å². The number of anilines is 1. The molecule has 0 aliphatic carbocycles. The van der Waals surface area contributed by atoms with Gasteiger partial charge in [0.15, 0.2) is 0 Å². The Morgan fingerprint density at radius 1 is 1.15 bits per heavy atom. The second-order valence-electron chi connectivity index (χ2n) is 4.17. The van der Waals surface area contributed by atoms with Crippen molar-refractivity contribution in [2.75, 3.05) is 5.32 Å². The molecule has 0 bridgehead atoms. The molecule has 1 N–H and O–H groups in total. The molecule has 0 aliphatic heterocycles. The fraction of sp³-hybridized carbons (Fsp3) is 0. The molecule has 4 nitrogen and oxygen atoms in total. The number of nitrogens with zero attached hydrogens (tertiary/aromatic N) is 2. The van der Waals surface area contributed by atoms with Crippen LogP contribution >= 0.6 is 0 Å². The maximum atomic E-state index is 13.5. The van der Waals surface area contributed by atoms with Gasteiger partial charge >= 0.3 is 6.03 Å². The molecule has 0 unspecified atom stereocenters. The Kier molecular flexibility index (Phi) is 2.90. The number of hydrogen-bond acceptors (Lipinski definition) is 2. The van der Waals surface area contributed by atoms with Gasteiger partial charge in [-0.1, -0.05) is 18.2 Å². The quantitative estimate of drug-likeness (QED) is 0.738. The summed E-state index contributed by atoms with van der Waals surface area (Å²) in [5.74, 6) is -1.34. The number of fused-ring (bicyclic) bond motifs is 1. The zero-order chi connectivity index (χ0) is 14.1. The first-order valence-corrected chi connectivity index (χ1v) is 5.84. The van der Waals surface area contributed by atoms with Gasteiger partial charge < -0.3 is 5.32 Å². The SMILES string of the molecule is O=C(Nc1cc(F)ccc1F)n1ncc2ccccc21. The predicted octanol–water partition coefficient (Wildman–Crippen LogP) is 3.39. The molecule has 0 spiro atoms. The van der Waals surface area contributed by atoms with Crippen LogP contribution in [-0.4, -0.2) is 15.8 Å². The van der Waals surface area contributed by atoms with Crippen molar-refractivity contribution in [3.05, 3.63) is 60.3 Å². The third-order valence-electron chi connectivity index (χ3n) is 2.84. The summed E-state index contributed by atoms with van der Waals surface area (Å²) in [6, 6.07) is 9.28. The molecule has 0 saturated carbocycles. The van der Waals surface area contributed by atoms with Crippen LogP contribution in [0.1, 0.15) is 0 Å². The Hall–Kier alpha value is -2.76. The van der Waals surface area contributed by atoms with E-state index in [1.165, 1.54) is 6.20 Å². The first kappa shape index (κ1) is 12.3. The molecular formula is C14H9F2N3O. The minimum atomic E-state index is -0.712. The van der Waals surface area contributed by atoms with Gasteiger partial charge in [-0.15, -0.1) is 0 Å². The maximum absolute atomic E-state index is 13.5. The summed E-state index contributed by atoms with van der Waals surface area (Å²) in [5, 5.41) is 7.00. The molecule has 0 aliphatic rings. The number of hydrogen-bond donors (Lipinski definition) is 1. The lowest BCUT2D eigenvalue weighted by Gasteiger charge is -2.07. The van der Waals surface area contributed by atoms with E-state index in [2.05, 4.69) is 10.4 Å². The third kappa shape index (κ3) is 2.11. The van der Waals surface area contributed by atoms with Crippen LogP contribution in [0.3, 0.4) is 0 Å². The summed E-state index contributed by atoms with van der Waals surface area (Å²) in [6.07, 6.45) is 1.52. The molecule has 1 aromatic heterocycles. The topological polar surface area (TPSA) is 46.9 Å². The van der Waals surface area contributed by atoms with Crippen molar-refractivity contribution in [3.63, 3.8) is 0 Å². The molecule has 0 fully saturated rings. The molecule has 0 atom stereocenters. The van der Waals surface area contributed by atoms with Crippen LogP contribution < -0.4 is 5.32 Å². The number of amides is 1. The number of rotatable bonds is 1. The fourth-order valence-electron chi connectivity index (χ4n) is 1.90. The Morgan fingerprint density at radius 2 is 1.95 bits per heavy atom. The first-order chi connectivity index (χ1) is 9.65. The molecule has 100 valence electrons. The van der Waals surface area contributed by atoms with E-state index in [1.807, 2.05) is 6.07 Å². The van der Waals surface area contributed by atoms with Gasteiger partial charge in [0.1, 0.15) is 11.6 Å². The van der Waals surface area contributed by atoms with E-state index < -0.39 is 17.7 Å². The van der Waals surface area contributed by atoms with Crippen LogP contribution in [0.15, 0.2) is 48.7 Å². The summed E-state index contributed by atoms with van der Waals surface area (Å²) in [4.78, 5) is 12.1. The Balaban J connectivity index is 1.95. The van der Waals surface area contributed by atoms with Gasteiger partial charge in [0.05, 0.1) is 17.4 Å². The molecule has 1 heterocycles. The van der Waals surface area contributed by atoms with Crippen molar-refractivity contribution in [2.24, 2.45) is 0 Å². The standard InChI is InChI=1S/C14H9F2N3O/c15-10-5-6-11(16)12(7-10)18-14(20)19-13-4-2-1-3-9(13)8-17-19/h1-8H,(H,18,20). The first-order valence-electron chi connectivity index (χ1n) is 5.84. The summed E-state index contributed by atoms with van der Waals surface area (Å²) in [7, 11) is 0. The average molecular weight is 273 g/mol. The molecule has 0 radical (unpaired) electrons. The van der Waals surface area contributed by atoms with E-state index in [4.69, 9.17) is 0 Å². The van der Waals surface area contributed by atoms with E-state index in [0.717, 1.165) is 28.3 Å². The largest absolute Gasteiger partial charge is 0.347 e. The van der Waals surface area contributed by atoms with Crippen LogP contribution in [0, 0.1) is 11.6 Å². The van der Waals surface area contributed by atoms with Gasteiger partial charge in [-0.25, -0.2) is 13.6 Å². The van der Waals surface area contributed by atoms with Crippen LogP contribution in [0.25, 0.3) is 10.9 Å². The minimum absolute atomic E-state index is 0.227. The summed E-state index contributed by atoms with van der Waals surface area (Å²) in [6.45, 7) is 0. The van der Waals surface area contributed by atoms with Gasteiger partial charge in [-0.3, -0.25) is 0 Å². The van der Waals surface area contributed by atoms with Crippen LogP contribution in [0.2, 0.25) is 0 Å². The van der Waals surface area contributed by atoms with Crippen molar-refractivity contribution in [1.82, 2.24) is 9.78 Å². The molecule has 3 aromatic rings. The molecule has 3 rings (SSSR count). The fourth-order valence-corrected chi connectivity index (χ4v) is 1.90. The number of benzene rings is 2. The lowest BCUT2D eigenvalue weighted by molar-refractivity contribution is 0.251. The van der Waals surface area contributed by atoms with Gasteiger partial charge in [0.2, 0.25) is 0 Å². The highest BCUT2D eigenvalue weighted by molar-refractivity contribution is 5.97. The zero-order valence-corrected chi connectivity index (χ0v) is 10.2. The van der Waals surface area contributed by atoms with Gasteiger partial charge in [0.25, 0.3) is 0 Å². The number of halogens is 2. The number of carbonyl (C=O) groups is 1. The normalized spacial score (nSPS) is 10.7. The monoisotopic (exact) mass is 273 g/mol. The highest BCUT2D eigenvalue weighted by Gasteiger charge is 2.13. The lowest BCUT2D eigenvalue weighted by atomic mass is 10.2. The van der Waals surface area contributed by atoms with E-state index in [-0.39, 0.29) is 5.69 Å². The Morgan fingerprint density at radius 3 is 2.80 bits per heavy atom. The summed E-state index contributed by atoms with van der Waals surface area (Å²) >= 11 is 0. The highest BCUT2D eigenvalue weighted by Crippen LogP contribution is 2.17. The molecule has 2 aromatic carbocycles. The van der Waals surface area contributed by atoms with E-state index in [9.17, 15) is 13.6 Å². The minimum Gasteiger partial charge on any atom is -0.303 e. The highest BCUT2D eigenvalue weighted by atomic mass is 19.1. The predicted molar refractivity (Wildman–Crippen MR) is 70.5 cm³/mol. The summed E-state index contributed by atoms with van der Waals surface area (Å²) < 4.78 is 27.6. The van der Waals surface area contributed by atoms with Crippen LogP contribution in [-0.2, 0) is 0 Å². The van der Waals surface area contributed by atoms with Crippen molar-refractivity contribution >= 4 is 22.6 Å². The third-order valence-corrected chi connectivity index (χ3v) is 2.84. The molecule has 20 heavy (non-hydrogen) atoms. The lowest BCUT2D eigenvalue weighted by Crippen LogP contribution is -2.21. The van der Waals surface area contributed by atoms with E-state index >= 15 is 0 Å². The van der Waals surface area contributed by atoms with E-state index in [0.29, 0.717) is 5.52 Å². The number of carbonyl (C=O) groups excluding carboxylic acids is 1. The molecule has 0 saturated heterocycles. The van der Waals surface area contributed by atoms with Crippen molar-refractivity contribution < 1.29 is 13.6 Å². The van der Waals surface area contributed by atoms with Crippen LogP contribution in [0.5, 0.6) is 0 Å². The molecular weight excluding hydrogens is 264 g/mol. The smallest absolute Gasteiger partial charge is 0.303 e. The number of para-hydroxylation sites is 1. The van der Waals surface area contributed by atoms with Crippen molar-refractivity contribution in [1.29, 1.82) is 0 Å². The molecule has 1 amide bonds. The second-order valence-corrected chi connectivity index (χ2v) is 4.17. The number of aromatic nitrogens is 2. The summed E-state index contributed by atoms with van der Waals surface area (Å²) in [5.41, 5.74) is 0.358. The van der Waals surface area contributed by atoms with Crippen molar-refractivity contribution in [2.45, 2.75) is 0 Å². The van der Waals surface area contributed by atoms with Crippen molar-refractivity contribution in [3.8, 4) is 0 Å².